The van der Waals surface area contributed by atoms with Gasteiger partial charge in [0.25, 0.3) is 11.7 Å². The van der Waals surface area contributed by atoms with Crippen LogP contribution >= 0.6 is 23.2 Å². The summed E-state index contributed by atoms with van der Waals surface area (Å²) in [6.07, 6.45) is -0.0214. The van der Waals surface area contributed by atoms with E-state index in [9.17, 15) is 14.7 Å². The lowest BCUT2D eigenvalue weighted by Gasteiger charge is -2.25. The minimum Gasteiger partial charge on any atom is -0.507 e. The summed E-state index contributed by atoms with van der Waals surface area (Å²) in [6, 6.07) is 10.7. The minimum absolute atomic E-state index is 0.00774. The van der Waals surface area contributed by atoms with Gasteiger partial charge in [-0.2, -0.15) is 0 Å². The van der Waals surface area contributed by atoms with E-state index in [-0.39, 0.29) is 30.6 Å². The highest BCUT2D eigenvalue weighted by Crippen LogP contribution is 2.40. The van der Waals surface area contributed by atoms with Gasteiger partial charge in [-0.25, -0.2) is 0 Å². The van der Waals surface area contributed by atoms with E-state index in [1.54, 1.807) is 42.5 Å². The summed E-state index contributed by atoms with van der Waals surface area (Å²) < 4.78 is 11.1. The number of nitrogens with zero attached hydrogens (tertiary/aromatic N) is 1. The molecule has 1 amide bonds. The Morgan fingerprint density at radius 1 is 1.12 bits per heavy atom. The van der Waals surface area contributed by atoms with Gasteiger partial charge >= 0.3 is 0 Å². The Morgan fingerprint density at radius 2 is 1.81 bits per heavy atom. The van der Waals surface area contributed by atoms with Gasteiger partial charge in [0, 0.05) is 17.1 Å². The van der Waals surface area contributed by atoms with Crippen LogP contribution in [0.3, 0.4) is 0 Å². The molecule has 1 aliphatic heterocycles. The van der Waals surface area contributed by atoms with E-state index >= 15 is 0 Å². The van der Waals surface area contributed by atoms with Gasteiger partial charge < -0.3 is 19.5 Å². The Balaban J connectivity index is 2.10. The van der Waals surface area contributed by atoms with Gasteiger partial charge in [-0.05, 0) is 56.7 Å². The van der Waals surface area contributed by atoms with Crippen molar-refractivity contribution in [1.82, 2.24) is 4.90 Å². The first-order valence-electron chi connectivity index (χ1n) is 10.3. The van der Waals surface area contributed by atoms with E-state index < -0.39 is 17.7 Å². The van der Waals surface area contributed by atoms with Crippen molar-refractivity contribution < 1.29 is 24.2 Å². The molecule has 1 fully saturated rings. The number of amides is 1. The van der Waals surface area contributed by atoms with Crippen molar-refractivity contribution in [2.24, 2.45) is 0 Å². The van der Waals surface area contributed by atoms with Gasteiger partial charge in [-0.1, -0.05) is 35.3 Å². The third-order valence-corrected chi connectivity index (χ3v) is 5.58. The predicted molar refractivity (Wildman–Crippen MR) is 124 cm³/mol. The largest absolute Gasteiger partial charge is 0.507 e. The standard InChI is InChI=1S/C24H25Cl2NO5/c1-4-31-19-13-16(7-10-18(19)26)22(28)20-21(15-5-8-17(25)9-6-15)27(24(30)23(20)29)11-12-32-14(2)3/h5-10,13-14,21,28H,4,11-12H2,1-3H3/b22-20-. The maximum absolute atomic E-state index is 13.0. The van der Waals surface area contributed by atoms with E-state index in [4.69, 9.17) is 32.7 Å². The van der Waals surface area contributed by atoms with Crippen LogP contribution in [0, 0.1) is 0 Å². The molecule has 2 aromatic rings. The number of benzene rings is 2. The highest BCUT2D eigenvalue weighted by Gasteiger charge is 2.45. The molecule has 1 heterocycles. The summed E-state index contributed by atoms with van der Waals surface area (Å²) in [6.45, 7) is 6.42. The second-order valence-corrected chi connectivity index (χ2v) is 8.39. The van der Waals surface area contributed by atoms with Crippen LogP contribution in [-0.4, -0.2) is 47.6 Å². The summed E-state index contributed by atoms with van der Waals surface area (Å²) in [7, 11) is 0. The zero-order valence-electron chi connectivity index (χ0n) is 18.1. The number of carbonyl (C=O) groups excluding carboxylic acids is 2. The molecular weight excluding hydrogens is 453 g/mol. The average molecular weight is 478 g/mol. The number of ether oxygens (including phenoxy) is 2. The predicted octanol–water partition coefficient (Wildman–Crippen LogP) is 5.24. The molecule has 1 atom stereocenters. The minimum atomic E-state index is -0.783. The Hall–Kier alpha value is -2.54. The molecule has 0 aliphatic carbocycles. The number of halogens is 2. The van der Waals surface area contributed by atoms with Gasteiger partial charge in [-0.15, -0.1) is 0 Å². The summed E-state index contributed by atoms with van der Waals surface area (Å²) in [5.41, 5.74) is 0.971. The monoisotopic (exact) mass is 477 g/mol. The number of carbonyl (C=O) groups is 2. The van der Waals surface area contributed by atoms with Crippen molar-refractivity contribution in [1.29, 1.82) is 0 Å². The number of ketones is 1. The van der Waals surface area contributed by atoms with Crippen molar-refractivity contribution in [2.45, 2.75) is 32.9 Å². The normalized spacial score (nSPS) is 17.9. The van der Waals surface area contributed by atoms with E-state index in [1.807, 2.05) is 20.8 Å². The van der Waals surface area contributed by atoms with Crippen molar-refractivity contribution in [2.75, 3.05) is 19.8 Å². The molecule has 1 N–H and O–H groups in total. The molecule has 0 spiro atoms. The molecule has 8 heteroatoms. The van der Waals surface area contributed by atoms with Crippen LogP contribution in [-0.2, 0) is 14.3 Å². The zero-order chi connectivity index (χ0) is 23.4. The van der Waals surface area contributed by atoms with Gasteiger partial charge in [-0.3, -0.25) is 9.59 Å². The Kier molecular flexibility index (Phi) is 7.82. The van der Waals surface area contributed by atoms with Gasteiger partial charge in [0.2, 0.25) is 0 Å². The van der Waals surface area contributed by atoms with Crippen LogP contribution in [0.25, 0.3) is 5.76 Å². The van der Waals surface area contributed by atoms with Gasteiger partial charge in [0.1, 0.15) is 11.5 Å². The van der Waals surface area contributed by atoms with E-state index in [1.165, 1.54) is 4.90 Å². The Labute approximate surface area is 197 Å². The Bertz CT molecular complexity index is 1030. The molecule has 1 unspecified atom stereocenters. The molecule has 0 bridgehead atoms. The van der Waals surface area contributed by atoms with Crippen LogP contribution < -0.4 is 4.74 Å². The second-order valence-electron chi connectivity index (χ2n) is 7.54. The summed E-state index contributed by atoms with van der Waals surface area (Å²) in [4.78, 5) is 27.3. The molecule has 0 radical (unpaired) electrons. The van der Waals surface area contributed by atoms with Crippen LogP contribution in [0.1, 0.15) is 37.9 Å². The molecule has 3 rings (SSSR count). The number of rotatable bonds is 8. The molecule has 6 nitrogen and oxygen atoms in total. The lowest BCUT2D eigenvalue weighted by Crippen LogP contribution is -2.33. The summed E-state index contributed by atoms with van der Waals surface area (Å²) in [5.74, 6) is -1.38. The molecule has 2 aromatic carbocycles. The molecular formula is C24H25Cl2NO5. The number of aliphatic hydroxyl groups excluding tert-OH is 1. The third kappa shape index (κ3) is 5.09. The highest BCUT2D eigenvalue weighted by atomic mass is 35.5. The lowest BCUT2D eigenvalue weighted by molar-refractivity contribution is -0.140. The number of hydrogen-bond donors (Lipinski definition) is 1. The fourth-order valence-corrected chi connectivity index (χ4v) is 3.86. The van der Waals surface area contributed by atoms with E-state index in [0.717, 1.165) is 0 Å². The van der Waals surface area contributed by atoms with Crippen molar-refractivity contribution in [3.63, 3.8) is 0 Å². The first-order chi connectivity index (χ1) is 15.2. The quantitative estimate of drug-likeness (QED) is 0.319. The fourth-order valence-electron chi connectivity index (χ4n) is 3.56. The molecule has 1 saturated heterocycles. The first-order valence-corrected chi connectivity index (χ1v) is 11.1. The molecule has 0 aromatic heterocycles. The zero-order valence-corrected chi connectivity index (χ0v) is 19.6. The summed E-state index contributed by atoms with van der Waals surface area (Å²) in [5, 5.41) is 12.0. The van der Waals surface area contributed by atoms with E-state index in [0.29, 0.717) is 33.5 Å². The second kappa shape index (κ2) is 10.4. The third-order valence-electron chi connectivity index (χ3n) is 5.01. The van der Waals surface area contributed by atoms with Crippen molar-refractivity contribution in [3.05, 3.63) is 69.2 Å². The van der Waals surface area contributed by atoms with Crippen LogP contribution in [0.4, 0.5) is 0 Å². The molecule has 32 heavy (non-hydrogen) atoms. The Morgan fingerprint density at radius 3 is 2.44 bits per heavy atom. The number of likely N-dealkylation sites (tertiary alicyclic amines) is 1. The average Bonchev–Trinajstić information content (AvgIpc) is 3.00. The molecule has 1 aliphatic rings. The van der Waals surface area contributed by atoms with E-state index in [2.05, 4.69) is 0 Å². The smallest absolute Gasteiger partial charge is 0.295 e. The topological polar surface area (TPSA) is 76.1 Å². The van der Waals surface area contributed by atoms with Crippen LogP contribution in [0.15, 0.2) is 48.0 Å². The first kappa shape index (κ1) is 24.1. The lowest BCUT2D eigenvalue weighted by atomic mass is 9.95. The fraction of sp³-hybridized carbons (Fsp3) is 0.333. The van der Waals surface area contributed by atoms with Crippen molar-refractivity contribution >= 4 is 40.7 Å². The number of hydrogen-bond acceptors (Lipinski definition) is 5. The van der Waals surface area contributed by atoms with Crippen molar-refractivity contribution in [3.8, 4) is 5.75 Å². The number of aliphatic hydroxyl groups is 1. The van der Waals surface area contributed by atoms with Crippen LogP contribution in [0.5, 0.6) is 5.75 Å². The van der Waals surface area contributed by atoms with Gasteiger partial charge in [0.05, 0.1) is 36.0 Å². The van der Waals surface area contributed by atoms with Gasteiger partial charge in [0.15, 0.2) is 0 Å². The highest BCUT2D eigenvalue weighted by molar-refractivity contribution is 6.46. The van der Waals surface area contributed by atoms with Crippen LogP contribution in [0.2, 0.25) is 10.0 Å². The molecule has 170 valence electrons. The summed E-state index contributed by atoms with van der Waals surface area (Å²) >= 11 is 12.2. The maximum atomic E-state index is 13.0. The maximum Gasteiger partial charge on any atom is 0.295 e. The molecule has 0 saturated carbocycles. The SMILES string of the molecule is CCOc1cc(/C(O)=C2/C(=O)C(=O)N(CCOC(C)C)C2c2ccc(Cl)cc2)ccc1Cl. The number of Topliss-reactive ketones (excluding diaryl/α,β-unsaturated/α-hetero) is 1.